The molecule has 9 heteroatoms. The number of hydrogen-bond donors (Lipinski definition) is 0. The van der Waals surface area contributed by atoms with Gasteiger partial charge in [0.1, 0.15) is 4.32 Å². The Labute approximate surface area is 167 Å². The first-order valence-electron chi connectivity index (χ1n) is 8.75. The van der Waals surface area contributed by atoms with E-state index in [9.17, 15) is 18.0 Å². The molecule has 2 fully saturated rings. The van der Waals surface area contributed by atoms with E-state index in [1.54, 1.807) is 4.90 Å². The van der Waals surface area contributed by atoms with Gasteiger partial charge in [-0.15, -0.1) is 0 Å². The van der Waals surface area contributed by atoms with Crippen molar-refractivity contribution in [2.75, 3.05) is 23.0 Å². The number of benzene rings is 1. The number of sulfone groups is 1. The number of carbonyl (C=O) groups is 2. The molecule has 0 aliphatic carbocycles. The number of rotatable bonds is 3. The maximum absolute atomic E-state index is 13.1. The predicted octanol–water partition coefficient (Wildman–Crippen LogP) is 2.20. The summed E-state index contributed by atoms with van der Waals surface area (Å²) in [6.45, 7) is 2.56. The molecule has 0 radical (unpaired) electrons. The molecule has 0 spiro atoms. The van der Waals surface area contributed by atoms with Crippen LogP contribution in [0.15, 0.2) is 29.2 Å². The summed E-state index contributed by atoms with van der Waals surface area (Å²) in [5.74, 6) is -0.567. The lowest BCUT2D eigenvalue weighted by atomic mass is 10.1. The summed E-state index contributed by atoms with van der Waals surface area (Å²) in [7, 11) is -3.15. The van der Waals surface area contributed by atoms with Crippen LogP contribution in [-0.4, -0.2) is 53.5 Å². The number of thiocarbonyl (C=S) groups is 1. The lowest BCUT2D eigenvalue weighted by molar-refractivity contribution is -0.123. The summed E-state index contributed by atoms with van der Waals surface area (Å²) in [5, 5.41) is 0. The molecule has 3 aliphatic heterocycles. The van der Waals surface area contributed by atoms with Gasteiger partial charge in [-0.3, -0.25) is 14.5 Å². The van der Waals surface area contributed by atoms with Crippen molar-refractivity contribution in [3.8, 4) is 0 Å². The topological polar surface area (TPSA) is 74.8 Å². The van der Waals surface area contributed by atoms with Gasteiger partial charge in [0.25, 0.3) is 11.8 Å². The molecule has 1 atom stereocenters. The van der Waals surface area contributed by atoms with Crippen molar-refractivity contribution in [1.82, 2.24) is 4.90 Å². The second-order valence-electron chi connectivity index (χ2n) is 6.78. The van der Waals surface area contributed by atoms with Gasteiger partial charge >= 0.3 is 0 Å². The molecule has 0 unspecified atom stereocenters. The average Bonchev–Trinajstić information content (AvgIpc) is 3.21. The average molecular weight is 423 g/mol. The Kier molecular flexibility index (Phi) is 4.64. The number of carbonyl (C=O) groups excluding carboxylic acids is 2. The van der Waals surface area contributed by atoms with Crippen molar-refractivity contribution in [3.63, 3.8) is 0 Å². The fourth-order valence-electron chi connectivity index (χ4n) is 3.77. The van der Waals surface area contributed by atoms with Crippen molar-refractivity contribution >= 4 is 61.2 Å². The Bertz CT molecular complexity index is 1000. The second-order valence-corrected chi connectivity index (χ2v) is 10.7. The van der Waals surface area contributed by atoms with Crippen LogP contribution in [0.1, 0.15) is 25.3 Å². The molecule has 3 heterocycles. The molecule has 2 amide bonds. The molecule has 0 aromatic heterocycles. The lowest BCUT2D eigenvalue weighted by Crippen LogP contribution is -2.39. The summed E-state index contributed by atoms with van der Waals surface area (Å²) in [5.41, 5.74) is 1.91. The lowest BCUT2D eigenvalue weighted by Gasteiger charge is -2.21. The van der Waals surface area contributed by atoms with Crippen molar-refractivity contribution in [1.29, 1.82) is 0 Å². The monoisotopic (exact) mass is 422 g/mol. The molecular weight excluding hydrogens is 404 g/mol. The van der Waals surface area contributed by atoms with Gasteiger partial charge in [0.05, 0.1) is 33.7 Å². The highest BCUT2D eigenvalue weighted by Gasteiger charge is 2.46. The molecule has 6 nitrogen and oxygen atoms in total. The minimum atomic E-state index is -3.15. The third-order valence-electron chi connectivity index (χ3n) is 4.97. The molecular formula is C18H18N2O4S3. The molecule has 0 N–H and O–H groups in total. The van der Waals surface area contributed by atoms with Crippen LogP contribution in [-0.2, 0) is 19.4 Å². The zero-order valence-electron chi connectivity index (χ0n) is 14.7. The van der Waals surface area contributed by atoms with Gasteiger partial charge in [0.15, 0.2) is 9.84 Å². The Hall–Kier alpha value is -1.71. The summed E-state index contributed by atoms with van der Waals surface area (Å²) >= 11 is 6.47. The van der Waals surface area contributed by atoms with Crippen LogP contribution < -0.4 is 4.90 Å². The first-order chi connectivity index (χ1) is 12.8. The third kappa shape index (κ3) is 3.01. The fourth-order valence-corrected chi connectivity index (χ4v) is 6.94. The predicted molar refractivity (Wildman–Crippen MR) is 110 cm³/mol. The van der Waals surface area contributed by atoms with E-state index in [-0.39, 0.29) is 23.3 Å². The Balaban J connectivity index is 1.77. The van der Waals surface area contributed by atoms with E-state index >= 15 is 0 Å². The third-order valence-corrected chi connectivity index (χ3v) is 8.12. The van der Waals surface area contributed by atoms with Gasteiger partial charge in [0.2, 0.25) is 0 Å². The van der Waals surface area contributed by atoms with E-state index in [1.165, 1.54) is 4.90 Å². The smallest absolute Gasteiger partial charge is 0.267 e. The number of amides is 2. The zero-order valence-corrected chi connectivity index (χ0v) is 17.1. The van der Waals surface area contributed by atoms with Crippen LogP contribution in [0.4, 0.5) is 5.69 Å². The quantitative estimate of drug-likeness (QED) is 0.549. The minimum Gasteiger partial charge on any atom is -0.308 e. The van der Waals surface area contributed by atoms with E-state index < -0.39 is 15.9 Å². The molecule has 27 heavy (non-hydrogen) atoms. The highest BCUT2D eigenvalue weighted by molar-refractivity contribution is 8.26. The van der Waals surface area contributed by atoms with Gasteiger partial charge in [-0.1, -0.05) is 49.1 Å². The SMILES string of the molecule is CCCN1C(=O)/C(=C2\SC(=S)N([C@@H]3CCS(=O)(=O)C3)C2=O)c2ccccc21. The van der Waals surface area contributed by atoms with E-state index in [0.717, 1.165) is 29.4 Å². The molecule has 2 saturated heterocycles. The van der Waals surface area contributed by atoms with E-state index in [1.807, 2.05) is 31.2 Å². The molecule has 0 bridgehead atoms. The second kappa shape index (κ2) is 6.72. The zero-order chi connectivity index (χ0) is 19.3. The summed E-state index contributed by atoms with van der Waals surface area (Å²) in [4.78, 5) is 29.6. The van der Waals surface area contributed by atoms with Crippen LogP contribution >= 0.6 is 24.0 Å². The summed E-state index contributed by atoms with van der Waals surface area (Å²) in [6, 6.07) is 6.97. The van der Waals surface area contributed by atoms with Crippen LogP contribution in [0.2, 0.25) is 0 Å². The largest absolute Gasteiger partial charge is 0.308 e. The molecule has 142 valence electrons. The number of fused-ring (bicyclic) bond motifs is 1. The van der Waals surface area contributed by atoms with Gasteiger partial charge in [-0.25, -0.2) is 8.42 Å². The van der Waals surface area contributed by atoms with Gasteiger partial charge in [0, 0.05) is 12.1 Å². The van der Waals surface area contributed by atoms with Crippen molar-refractivity contribution in [3.05, 3.63) is 34.7 Å². The van der Waals surface area contributed by atoms with Crippen LogP contribution in [0, 0.1) is 0 Å². The Morgan fingerprint density at radius 3 is 2.63 bits per heavy atom. The maximum atomic E-state index is 13.1. The maximum Gasteiger partial charge on any atom is 0.267 e. The summed E-state index contributed by atoms with van der Waals surface area (Å²) in [6.07, 6.45) is 1.18. The van der Waals surface area contributed by atoms with Crippen molar-refractivity contribution in [2.24, 2.45) is 0 Å². The van der Waals surface area contributed by atoms with E-state index in [0.29, 0.717) is 27.8 Å². The van der Waals surface area contributed by atoms with Crippen molar-refractivity contribution < 1.29 is 18.0 Å². The standard InChI is InChI=1S/C18H18N2O4S3/c1-2-8-19-13-6-4-3-5-12(13)14(16(19)21)15-17(22)20(18(25)26-15)11-7-9-27(23,24)10-11/h3-6,11H,2,7-10H2,1H3/b15-14-/t11-/m1/s1. The molecule has 0 saturated carbocycles. The van der Waals surface area contributed by atoms with Crippen LogP contribution in [0.3, 0.4) is 0 Å². The fraction of sp³-hybridized carbons (Fsp3) is 0.389. The van der Waals surface area contributed by atoms with Gasteiger partial charge < -0.3 is 4.90 Å². The van der Waals surface area contributed by atoms with Crippen molar-refractivity contribution in [2.45, 2.75) is 25.8 Å². The number of hydrogen-bond acceptors (Lipinski definition) is 6. The first kappa shape index (κ1) is 18.6. The Morgan fingerprint density at radius 1 is 1.22 bits per heavy atom. The highest BCUT2D eigenvalue weighted by Crippen LogP contribution is 2.45. The number of thioether (sulfide) groups is 1. The van der Waals surface area contributed by atoms with Crippen LogP contribution in [0.5, 0.6) is 0 Å². The van der Waals surface area contributed by atoms with Gasteiger partial charge in [-0.05, 0) is 18.9 Å². The van der Waals surface area contributed by atoms with E-state index in [4.69, 9.17) is 12.2 Å². The number of para-hydroxylation sites is 1. The minimum absolute atomic E-state index is 0.0622. The normalized spacial score (nSPS) is 27.0. The number of anilines is 1. The van der Waals surface area contributed by atoms with Crippen LogP contribution in [0.25, 0.3) is 5.57 Å². The summed E-state index contributed by atoms with van der Waals surface area (Å²) < 4.78 is 24.0. The van der Waals surface area contributed by atoms with E-state index in [2.05, 4.69) is 0 Å². The Morgan fingerprint density at radius 2 is 1.96 bits per heavy atom. The molecule has 1 aromatic rings. The first-order valence-corrected chi connectivity index (χ1v) is 11.8. The molecule has 4 rings (SSSR count). The number of nitrogens with zero attached hydrogens (tertiary/aromatic N) is 2. The molecule has 3 aliphatic rings. The highest BCUT2D eigenvalue weighted by atomic mass is 32.2. The molecule has 1 aromatic carbocycles. The van der Waals surface area contributed by atoms with Gasteiger partial charge in [-0.2, -0.15) is 0 Å².